The van der Waals surface area contributed by atoms with Gasteiger partial charge in [-0.1, -0.05) is 12.8 Å². The zero-order chi connectivity index (χ0) is 17.9. The van der Waals surface area contributed by atoms with E-state index in [1.165, 1.54) is 0 Å². The molecule has 2 rings (SSSR count). The molecule has 8 heteroatoms. The van der Waals surface area contributed by atoms with Crippen LogP contribution >= 0.6 is 0 Å². The summed E-state index contributed by atoms with van der Waals surface area (Å²) in [6, 6.07) is 1.14. The number of anilines is 1. The third-order valence-corrected chi connectivity index (χ3v) is 4.29. The standard InChI is InChI=1S/C16H19F3N2O3/c1-16(24,9-4-2-3-5-9)8-20-14(22)15(23)21-10-6-11(17)13(19)12(18)7-10/h6-7,9,24H,2-5,8H2,1H3,(H,20,22)(H,21,23)/t16-/m0/s1. The molecule has 5 nitrogen and oxygen atoms in total. The van der Waals surface area contributed by atoms with Crippen molar-refractivity contribution in [3.05, 3.63) is 29.6 Å². The highest BCUT2D eigenvalue weighted by atomic mass is 19.2. The Balaban J connectivity index is 1.91. The van der Waals surface area contributed by atoms with Crippen LogP contribution in [0.3, 0.4) is 0 Å². The Morgan fingerprint density at radius 3 is 2.25 bits per heavy atom. The average molecular weight is 344 g/mol. The lowest BCUT2D eigenvalue weighted by atomic mass is 9.88. The van der Waals surface area contributed by atoms with Gasteiger partial charge in [0.15, 0.2) is 17.5 Å². The first-order valence-corrected chi connectivity index (χ1v) is 7.67. The second kappa shape index (κ2) is 7.21. The summed E-state index contributed by atoms with van der Waals surface area (Å²) in [5, 5.41) is 14.6. The third kappa shape index (κ3) is 4.25. The monoisotopic (exact) mass is 344 g/mol. The van der Waals surface area contributed by atoms with Crippen molar-refractivity contribution >= 4 is 17.5 Å². The zero-order valence-electron chi connectivity index (χ0n) is 13.2. The SMILES string of the molecule is C[C@](O)(CNC(=O)C(=O)Nc1cc(F)c(F)c(F)c1)C1CCCC1. The highest BCUT2D eigenvalue weighted by Crippen LogP contribution is 2.33. The van der Waals surface area contributed by atoms with E-state index in [1.54, 1.807) is 6.92 Å². The van der Waals surface area contributed by atoms with E-state index in [4.69, 9.17) is 0 Å². The fourth-order valence-corrected chi connectivity index (χ4v) is 2.85. The van der Waals surface area contributed by atoms with Crippen LogP contribution in [-0.2, 0) is 9.59 Å². The molecule has 2 amide bonds. The number of hydrogen-bond donors (Lipinski definition) is 3. The third-order valence-electron chi connectivity index (χ3n) is 4.29. The van der Waals surface area contributed by atoms with Gasteiger partial charge in [-0.3, -0.25) is 9.59 Å². The molecular formula is C16H19F3N2O3. The molecule has 0 spiro atoms. The summed E-state index contributed by atoms with van der Waals surface area (Å²) in [7, 11) is 0. The van der Waals surface area contributed by atoms with E-state index in [9.17, 15) is 27.9 Å². The first-order valence-electron chi connectivity index (χ1n) is 7.67. The summed E-state index contributed by atoms with van der Waals surface area (Å²) < 4.78 is 39.0. The van der Waals surface area contributed by atoms with E-state index >= 15 is 0 Å². The van der Waals surface area contributed by atoms with E-state index in [1.807, 2.05) is 5.32 Å². The van der Waals surface area contributed by atoms with Crippen LogP contribution in [0, 0.1) is 23.4 Å². The van der Waals surface area contributed by atoms with E-state index in [2.05, 4.69) is 5.32 Å². The number of halogens is 3. The van der Waals surface area contributed by atoms with Crippen molar-refractivity contribution in [2.45, 2.75) is 38.2 Å². The van der Waals surface area contributed by atoms with Crippen LogP contribution in [0.5, 0.6) is 0 Å². The average Bonchev–Trinajstić information content (AvgIpc) is 3.05. The quantitative estimate of drug-likeness (QED) is 0.578. The number of hydrogen-bond acceptors (Lipinski definition) is 3. The normalized spacial score (nSPS) is 17.4. The van der Waals surface area contributed by atoms with Crippen molar-refractivity contribution in [2.24, 2.45) is 5.92 Å². The lowest BCUT2D eigenvalue weighted by Gasteiger charge is -2.30. The van der Waals surface area contributed by atoms with Gasteiger partial charge in [0.1, 0.15) is 0 Å². The Morgan fingerprint density at radius 1 is 1.17 bits per heavy atom. The van der Waals surface area contributed by atoms with Gasteiger partial charge in [0.05, 0.1) is 5.60 Å². The second-order valence-corrected chi connectivity index (χ2v) is 6.23. The summed E-state index contributed by atoms with van der Waals surface area (Å²) in [5.74, 6) is -6.79. The highest BCUT2D eigenvalue weighted by Gasteiger charge is 2.34. The molecule has 0 heterocycles. The summed E-state index contributed by atoms with van der Waals surface area (Å²) in [6.07, 6.45) is 3.72. The number of nitrogens with one attached hydrogen (secondary N) is 2. The van der Waals surface area contributed by atoms with E-state index in [0.29, 0.717) is 12.1 Å². The molecule has 24 heavy (non-hydrogen) atoms. The molecule has 1 aromatic carbocycles. The fourth-order valence-electron chi connectivity index (χ4n) is 2.85. The summed E-state index contributed by atoms with van der Waals surface area (Å²) in [4.78, 5) is 23.5. The lowest BCUT2D eigenvalue weighted by Crippen LogP contribution is -2.48. The molecular weight excluding hydrogens is 325 g/mol. The molecule has 0 bridgehead atoms. The van der Waals surface area contributed by atoms with Gasteiger partial charge >= 0.3 is 11.8 Å². The Morgan fingerprint density at radius 2 is 1.71 bits per heavy atom. The molecule has 3 N–H and O–H groups in total. The lowest BCUT2D eigenvalue weighted by molar-refractivity contribution is -0.137. The van der Waals surface area contributed by atoms with Crippen molar-refractivity contribution in [3.8, 4) is 0 Å². The van der Waals surface area contributed by atoms with E-state index < -0.39 is 34.9 Å². The minimum absolute atomic E-state index is 0.0427. The van der Waals surface area contributed by atoms with Crippen LogP contribution < -0.4 is 10.6 Å². The van der Waals surface area contributed by atoms with Crippen molar-refractivity contribution in [1.29, 1.82) is 0 Å². The maximum atomic E-state index is 13.1. The molecule has 132 valence electrons. The first-order chi connectivity index (χ1) is 11.2. The van der Waals surface area contributed by atoms with Gasteiger partial charge in [0.2, 0.25) is 0 Å². The fraction of sp³-hybridized carbons (Fsp3) is 0.500. The van der Waals surface area contributed by atoms with Crippen molar-refractivity contribution < 1.29 is 27.9 Å². The summed E-state index contributed by atoms with van der Waals surface area (Å²) in [6.45, 7) is 1.47. The summed E-state index contributed by atoms with van der Waals surface area (Å²) >= 11 is 0. The Kier molecular flexibility index (Phi) is 5.48. The zero-order valence-corrected chi connectivity index (χ0v) is 13.2. The molecule has 0 aliphatic heterocycles. The molecule has 1 fully saturated rings. The molecule has 0 radical (unpaired) electrons. The van der Waals surface area contributed by atoms with E-state index in [0.717, 1.165) is 25.7 Å². The number of amides is 2. The van der Waals surface area contributed by atoms with E-state index in [-0.39, 0.29) is 18.2 Å². The molecule has 1 aromatic rings. The van der Waals surface area contributed by atoms with Gasteiger partial charge in [0, 0.05) is 24.4 Å². The minimum atomic E-state index is -1.66. The van der Waals surface area contributed by atoms with Gasteiger partial charge in [-0.15, -0.1) is 0 Å². The maximum Gasteiger partial charge on any atom is 0.313 e. The minimum Gasteiger partial charge on any atom is -0.388 e. The van der Waals surface area contributed by atoms with Crippen molar-refractivity contribution in [2.75, 3.05) is 11.9 Å². The molecule has 0 unspecified atom stereocenters. The largest absolute Gasteiger partial charge is 0.388 e. The Hall–Kier alpha value is -2.09. The van der Waals surface area contributed by atoms with Crippen LogP contribution in [0.2, 0.25) is 0 Å². The molecule has 0 saturated heterocycles. The van der Waals surface area contributed by atoms with Crippen LogP contribution in [0.4, 0.5) is 18.9 Å². The molecule has 1 aliphatic carbocycles. The molecule has 1 aliphatic rings. The maximum absolute atomic E-state index is 13.1. The highest BCUT2D eigenvalue weighted by molar-refractivity contribution is 6.39. The van der Waals surface area contributed by atoms with Crippen LogP contribution in [0.15, 0.2) is 12.1 Å². The van der Waals surface area contributed by atoms with Gasteiger partial charge in [-0.25, -0.2) is 13.2 Å². The topological polar surface area (TPSA) is 78.4 Å². The Labute approximate surface area is 137 Å². The molecule has 0 aromatic heterocycles. The second-order valence-electron chi connectivity index (χ2n) is 6.23. The molecule has 1 atom stereocenters. The van der Waals surface area contributed by atoms with Crippen LogP contribution in [-0.4, -0.2) is 29.1 Å². The van der Waals surface area contributed by atoms with Crippen molar-refractivity contribution in [3.63, 3.8) is 0 Å². The smallest absolute Gasteiger partial charge is 0.313 e. The molecule has 1 saturated carbocycles. The first kappa shape index (κ1) is 18.3. The number of aliphatic hydroxyl groups is 1. The van der Waals surface area contributed by atoms with Crippen LogP contribution in [0.1, 0.15) is 32.6 Å². The number of rotatable bonds is 4. The van der Waals surface area contributed by atoms with Gasteiger partial charge in [0.25, 0.3) is 0 Å². The van der Waals surface area contributed by atoms with Gasteiger partial charge in [-0.05, 0) is 25.7 Å². The predicted molar refractivity (Wildman–Crippen MR) is 80.5 cm³/mol. The van der Waals surface area contributed by atoms with Crippen LogP contribution in [0.25, 0.3) is 0 Å². The number of benzene rings is 1. The summed E-state index contributed by atoms with van der Waals surface area (Å²) in [5.41, 5.74) is -1.52. The van der Waals surface area contributed by atoms with Gasteiger partial charge in [-0.2, -0.15) is 0 Å². The number of carbonyl (C=O) groups excluding carboxylic acids is 2. The Bertz CT molecular complexity index is 620. The van der Waals surface area contributed by atoms with Crippen molar-refractivity contribution in [1.82, 2.24) is 5.32 Å². The number of carbonyl (C=O) groups is 2. The predicted octanol–water partition coefficient (Wildman–Crippen LogP) is 2.10. The van der Waals surface area contributed by atoms with Gasteiger partial charge < -0.3 is 15.7 Å².